The molecule has 0 heterocycles. The van der Waals surface area contributed by atoms with Gasteiger partial charge in [0.05, 0.1) is 4.90 Å². The van der Waals surface area contributed by atoms with Crippen LogP contribution in [-0.4, -0.2) is 21.6 Å². The summed E-state index contributed by atoms with van der Waals surface area (Å²) in [6.45, 7) is 8.74. The van der Waals surface area contributed by atoms with Gasteiger partial charge in [0.25, 0.3) is 0 Å². The highest BCUT2D eigenvalue weighted by Crippen LogP contribution is 2.23. The molecule has 2 aromatic carbocycles. The van der Waals surface area contributed by atoms with Gasteiger partial charge in [-0.2, -0.15) is 0 Å². The summed E-state index contributed by atoms with van der Waals surface area (Å²) in [4.78, 5) is 0.270. The number of ether oxygens (including phenoxy) is 1. The monoisotopic (exact) mass is 347 g/mol. The second kappa shape index (κ2) is 7.36. The number of aryl methyl sites for hydroxylation is 1. The number of hydrogen-bond acceptors (Lipinski definition) is 3. The Labute approximate surface area is 144 Å². The van der Waals surface area contributed by atoms with E-state index in [0.29, 0.717) is 0 Å². The zero-order chi connectivity index (χ0) is 17.8. The van der Waals surface area contributed by atoms with Crippen molar-refractivity contribution in [3.63, 3.8) is 0 Å². The first-order chi connectivity index (χ1) is 11.2. The van der Waals surface area contributed by atoms with E-state index in [9.17, 15) is 8.42 Å². The molecule has 2 aromatic rings. The molecule has 0 spiro atoms. The van der Waals surface area contributed by atoms with Crippen LogP contribution in [0.2, 0.25) is 0 Å². The van der Waals surface area contributed by atoms with Gasteiger partial charge in [-0.05, 0) is 41.7 Å². The van der Waals surface area contributed by atoms with E-state index in [1.165, 1.54) is 0 Å². The van der Waals surface area contributed by atoms with Crippen molar-refractivity contribution < 1.29 is 13.2 Å². The Bertz CT molecular complexity index is 775. The molecule has 0 unspecified atom stereocenters. The predicted molar refractivity (Wildman–Crippen MR) is 97.0 cm³/mol. The fourth-order valence-corrected chi connectivity index (χ4v) is 3.29. The number of rotatable bonds is 6. The van der Waals surface area contributed by atoms with Gasteiger partial charge in [0.2, 0.25) is 10.0 Å². The van der Waals surface area contributed by atoms with E-state index < -0.39 is 10.0 Å². The lowest BCUT2D eigenvalue weighted by Gasteiger charge is -2.19. The molecule has 0 aliphatic carbocycles. The van der Waals surface area contributed by atoms with E-state index in [2.05, 4.69) is 25.5 Å². The molecule has 0 amide bonds. The molecule has 0 fully saturated rings. The van der Waals surface area contributed by atoms with Crippen molar-refractivity contribution >= 4 is 10.0 Å². The average molecular weight is 347 g/mol. The van der Waals surface area contributed by atoms with Crippen LogP contribution in [0.25, 0.3) is 0 Å². The summed E-state index contributed by atoms with van der Waals surface area (Å²) < 4.78 is 32.8. The molecule has 0 aliphatic rings. The second-order valence-electron chi connectivity index (χ2n) is 6.79. The zero-order valence-corrected chi connectivity index (χ0v) is 15.5. The highest BCUT2D eigenvalue weighted by atomic mass is 32.2. The molecule has 1 N–H and O–H groups in total. The average Bonchev–Trinajstić information content (AvgIpc) is 2.52. The smallest absolute Gasteiger partial charge is 0.240 e. The maximum atomic E-state index is 12.3. The molecule has 0 saturated carbocycles. The minimum atomic E-state index is -3.52. The van der Waals surface area contributed by atoms with Crippen LogP contribution in [0.4, 0.5) is 0 Å². The van der Waals surface area contributed by atoms with E-state index in [-0.39, 0.29) is 23.5 Å². The van der Waals surface area contributed by atoms with Gasteiger partial charge < -0.3 is 4.74 Å². The summed E-state index contributed by atoms with van der Waals surface area (Å²) >= 11 is 0. The first-order valence-electron chi connectivity index (χ1n) is 7.99. The molecular weight excluding hydrogens is 322 g/mol. The lowest BCUT2D eigenvalue weighted by molar-refractivity contribution is 0.320. The number of para-hydroxylation sites is 1. The van der Waals surface area contributed by atoms with E-state index in [1.807, 2.05) is 43.3 Å². The van der Waals surface area contributed by atoms with Gasteiger partial charge in [0.15, 0.2) is 0 Å². The fraction of sp³-hybridized carbons (Fsp3) is 0.368. The van der Waals surface area contributed by atoms with Crippen LogP contribution in [0.5, 0.6) is 5.75 Å². The topological polar surface area (TPSA) is 55.4 Å². The number of nitrogens with one attached hydrogen (secondary N) is 1. The van der Waals surface area contributed by atoms with E-state index in [0.717, 1.165) is 16.9 Å². The molecule has 5 heteroatoms. The largest absolute Gasteiger partial charge is 0.492 e. The van der Waals surface area contributed by atoms with Crippen LogP contribution >= 0.6 is 0 Å². The summed E-state index contributed by atoms with van der Waals surface area (Å²) in [5.74, 6) is 0.770. The normalized spacial score (nSPS) is 12.2. The third-order valence-electron chi connectivity index (χ3n) is 3.78. The lowest BCUT2D eigenvalue weighted by atomic mass is 9.87. The standard InChI is InChI=1S/C19H25NO3S/c1-15-7-5-6-8-18(15)23-14-13-20-24(21,22)17-11-9-16(10-12-17)19(2,3)4/h5-12,20H,13-14H2,1-4H3. The summed E-state index contributed by atoms with van der Waals surface area (Å²) in [6, 6.07) is 14.7. The third-order valence-corrected chi connectivity index (χ3v) is 5.25. The van der Waals surface area contributed by atoms with Gasteiger partial charge in [0.1, 0.15) is 12.4 Å². The van der Waals surface area contributed by atoms with Gasteiger partial charge in [-0.1, -0.05) is 51.1 Å². The molecule has 4 nitrogen and oxygen atoms in total. The molecule has 0 aliphatic heterocycles. The predicted octanol–water partition coefficient (Wildman–Crippen LogP) is 3.65. The van der Waals surface area contributed by atoms with Crippen molar-refractivity contribution in [2.75, 3.05) is 13.2 Å². The van der Waals surface area contributed by atoms with E-state index in [1.54, 1.807) is 12.1 Å². The maximum absolute atomic E-state index is 12.3. The molecule has 2 rings (SSSR count). The number of sulfonamides is 1. The van der Waals surface area contributed by atoms with Gasteiger partial charge in [-0.15, -0.1) is 0 Å². The van der Waals surface area contributed by atoms with Crippen LogP contribution in [0.1, 0.15) is 31.9 Å². The second-order valence-corrected chi connectivity index (χ2v) is 8.55. The summed E-state index contributed by atoms with van der Waals surface area (Å²) in [6.07, 6.45) is 0. The van der Waals surface area contributed by atoms with E-state index in [4.69, 9.17) is 4.74 Å². The van der Waals surface area contributed by atoms with E-state index >= 15 is 0 Å². The molecule has 0 saturated heterocycles. The minimum Gasteiger partial charge on any atom is -0.492 e. The lowest BCUT2D eigenvalue weighted by Crippen LogP contribution is -2.28. The van der Waals surface area contributed by atoms with Gasteiger partial charge in [0, 0.05) is 6.54 Å². The first kappa shape index (κ1) is 18.5. The Kier molecular flexibility index (Phi) is 5.67. The van der Waals surface area contributed by atoms with Crippen molar-refractivity contribution in [3.05, 3.63) is 59.7 Å². The molecule has 0 atom stereocenters. The fourth-order valence-electron chi connectivity index (χ4n) is 2.27. The molecule has 0 radical (unpaired) electrons. The molecule has 24 heavy (non-hydrogen) atoms. The van der Waals surface area contributed by atoms with Crippen LogP contribution in [0.15, 0.2) is 53.4 Å². The van der Waals surface area contributed by atoms with Crippen LogP contribution < -0.4 is 9.46 Å². The van der Waals surface area contributed by atoms with Crippen LogP contribution in [0.3, 0.4) is 0 Å². The van der Waals surface area contributed by atoms with Gasteiger partial charge >= 0.3 is 0 Å². The van der Waals surface area contributed by atoms with Crippen molar-refractivity contribution in [2.45, 2.75) is 38.0 Å². The Morgan fingerprint density at radius 3 is 2.21 bits per heavy atom. The van der Waals surface area contributed by atoms with Crippen molar-refractivity contribution in [1.29, 1.82) is 0 Å². The molecule has 130 valence electrons. The highest BCUT2D eigenvalue weighted by Gasteiger charge is 2.17. The summed E-state index contributed by atoms with van der Waals surface area (Å²) in [5, 5.41) is 0. The quantitative estimate of drug-likeness (QED) is 0.812. The summed E-state index contributed by atoms with van der Waals surface area (Å²) in [5.41, 5.74) is 2.12. The molecule has 0 aromatic heterocycles. The highest BCUT2D eigenvalue weighted by molar-refractivity contribution is 7.89. The SMILES string of the molecule is Cc1ccccc1OCCNS(=O)(=O)c1ccc(C(C)(C)C)cc1. The number of benzene rings is 2. The third kappa shape index (κ3) is 4.82. The van der Waals surface area contributed by atoms with Gasteiger partial charge in [-0.25, -0.2) is 13.1 Å². The Morgan fingerprint density at radius 1 is 1.00 bits per heavy atom. The van der Waals surface area contributed by atoms with Crippen molar-refractivity contribution in [2.24, 2.45) is 0 Å². The van der Waals surface area contributed by atoms with Crippen LogP contribution in [-0.2, 0) is 15.4 Å². The zero-order valence-electron chi connectivity index (χ0n) is 14.7. The number of hydrogen-bond donors (Lipinski definition) is 1. The van der Waals surface area contributed by atoms with Crippen molar-refractivity contribution in [3.8, 4) is 5.75 Å². The van der Waals surface area contributed by atoms with Crippen LogP contribution in [0, 0.1) is 6.92 Å². The minimum absolute atomic E-state index is 0.00287. The van der Waals surface area contributed by atoms with Gasteiger partial charge in [-0.3, -0.25) is 0 Å². The Balaban J connectivity index is 1.93. The first-order valence-corrected chi connectivity index (χ1v) is 9.47. The summed E-state index contributed by atoms with van der Waals surface area (Å²) in [7, 11) is -3.52. The Hall–Kier alpha value is -1.85. The molecular formula is C19H25NO3S. The Morgan fingerprint density at radius 2 is 1.62 bits per heavy atom. The van der Waals surface area contributed by atoms with Crippen molar-refractivity contribution in [1.82, 2.24) is 4.72 Å². The molecule has 0 bridgehead atoms. The maximum Gasteiger partial charge on any atom is 0.240 e.